The van der Waals surface area contributed by atoms with Crippen molar-refractivity contribution in [2.24, 2.45) is 45.8 Å². The van der Waals surface area contributed by atoms with Crippen molar-refractivity contribution in [3.05, 3.63) is 11.6 Å². The molecule has 1 heterocycles. The summed E-state index contributed by atoms with van der Waals surface area (Å²) in [4.78, 5) is 26.7. The number of carbonyl (C=O) groups is 2. The average molecular weight is 536 g/mol. The normalized spacial score (nSPS) is 47.2. The van der Waals surface area contributed by atoms with Crippen molar-refractivity contribution in [2.75, 3.05) is 19.8 Å². The van der Waals surface area contributed by atoms with Crippen LogP contribution in [0.2, 0.25) is 0 Å². The molecule has 1 N–H and O–H groups in total. The Morgan fingerprint density at radius 3 is 2.59 bits per heavy atom. The first-order chi connectivity index (χ1) is 17.5. The third-order valence-electron chi connectivity index (χ3n) is 11.3. The van der Waals surface area contributed by atoms with Crippen molar-refractivity contribution in [1.82, 2.24) is 4.31 Å². The fourth-order valence-corrected chi connectivity index (χ4v) is 11.6. The van der Waals surface area contributed by atoms with Gasteiger partial charge in [0.2, 0.25) is 10.0 Å². The maximum Gasteiger partial charge on any atom is 0.315 e. The van der Waals surface area contributed by atoms with Gasteiger partial charge in [-0.3, -0.25) is 4.79 Å². The molecule has 9 atom stereocenters. The van der Waals surface area contributed by atoms with Crippen LogP contribution in [0.1, 0.15) is 66.2 Å². The van der Waals surface area contributed by atoms with Gasteiger partial charge in [0.1, 0.15) is 11.7 Å². The molecule has 1 aliphatic heterocycles. The van der Waals surface area contributed by atoms with E-state index in [1.54, 1.807) is 0 Å². The molecule has 4 bridgehead atoms. The Morgan fingerprint density at radius 2 is 1.97 bits per heavy atom. The quantitative estimate of drug-likeness (QED) is 0.374. The fraction of sp³-hybridized carbons (Fsp3) is 0.857. The predicted molar refractivity (Wildman–Crippen MR) is 136 cm³/mol. The molecular formula is C28H41NO7S. The zero-order valence-corrected chi connectivity index (χ0v) is 23.2. The smallest absolute Gasteiger partial charge is 0.315 e. The lowest BCUT2D eigenvalue weighted by Gasteiger charge is -2.58. The molecule has 6 aliphatic rings. The highest BCUT2D eigenvalue weighted by atomic mass is 32.2. The first kappa shape index (κ1) is 26.0. The highest BCUT2D eigenvalue weighted by molar-refractivity contribution is 7.90. The highest BCUT2D eigenvalue weighted by Gasteiger charge is 2.84. The number of hydrogen-bond acceptors (Lipinski definition) is 6. The van der Waals surface area contributed by atoms with Crippen LogP contribution >= 0.6 is 0 Å². The van der Waals surface area contributed by atoms with Crippen molar-refractivity contribution < 1.29 is 32.6 Å². The lowest BCUT2D eigenvalue weighted by Crippen LogP contribution is -2.64. The van der Waals surface area contributed by atoms with E-state index in [2.05, 4.69) is 13.0 Å². The summed E-state index contributed by atoms with van der Waals surface area (Å²) >= 11 is 0. The number of rotatable bonds is 8. The van der Waals surface area contributed by atoms with Gasteiger partial charge in [-0.1, -0.05) is 38.8 Å². The molecule has 0 radical (unpaired) electrons. The molecule has 0 aromatic heterocycles. The molecule has 0 aromatic rings. The van der Waals surface area contributed by atoms with Crippen molar-refractivity contribution in [3.8, 4) is 0 Å². The predicted octanol–water partition coefficient (Wildman–Crippen LogP) is 3.47. The maximum atomic E-state index is 13.5. The number of aldehydes is 1. The van der Waals surface area contributed by atoms with Crippen molar-refractivity contribution in [3.63, 3.8) is 0 Å². The maximum absolute atomic E-state index is 13.5. The molecule has 37 heavy (non-hydrogen) atoms. The number of nitrogens with zero attached hydrogens (tertiary/aromatic N) is 1. The third kappa shape index (κ3) is 3.14. The number of carboxylic acids is 1. The van der Waals surface area contributed by atoms with Gasteiger partial charge in [-0.05, 0) is 68.6 Å². The number of fused-ring (bicyclic) bond motifs is 2. The van der Waals surface area contributed by atoms with E-state index in [9.17, 15) is 23.1 Å². The molecule has 1 saturated heterocycles. The summed E-state index contributed by atoms with van der Waals surface area (Å²) in [5.74, 6) is -0.176. The van der Waals surface area contributed by atoms with Crippen LogP contribution in [0.15, 0.2) is 11.6 Å². The molecule has 0 aromatic carbocycles. The highest BCUT2D eigenvalue weighted by Crippen LogP contribution is 2.82. The standard InChI is InChI=1S/C28H41NO7S/c1-16(2)23-9-19-10-26(14-30)22-8-5-17(3)21(22)11-27(19,28(23,26)25(31)32)15-36-24-12-29(18(4)13-35-24)37(33,34)20-6-7-20/h9,14,16-22,24H,5-8,10-13,15H2,1-4H3,(H,31,32)/t17-,18-,19?,21-,22-,24+,26?,27?,28+/m1/s1. The van der Waals surface area contributed by atoms with Gasteiger partial charge in [-0.2, -0.15) is 4.31 Å². The minimum Gasteiger partial charge on any atom is -0.481 e. The van der Waals surface area contributed by atoms with Gasteiger partial charge in [-0.15, -0.1) is 0 Å². The minimum atomic E-state index is -3.39. The van der Waals surface area contributed by atoms with Crippen LogP contribution in [0.4, 0.5) is 0 Å². The first-order valence-corrected chi connectivity index (χ1v) is 15.6. The summed E-state index contributed by atoms with van der Waals surface area (Å²) in [5, 5.41) is 10.8. The van der Waals surface area contributed by atoms with E-state index in [0.717, 1.165) is 24.7 Å². The van der Waals surface area contributed by atoms with Gasteiger partial charge in [0, 0.05) is 11.5 Å². The number of carbonyl (C=O) groups excluding carboxylic acids is 1. The number of carboxylic acid groups (broad SMARTS) is 1. The van der Waals surface area contributed by atoms with Gasteiger partial charge in [0.05, 0.1) is 30.4 Å². The Morgan fingerprint density at radius 1 is 1.24 bits per heavy atom. The summed E-state index contributed by atoms with van der Waals surface area (Å²) in [6.45, 7) is 8.66. The first-order valence-electron chi connectivity index (χ1n) is 14.1. The second-order valence-corrected chi connectivity index (χ2v) is 15.4. The molecule has 0 spiro atoms. The third-order valence-corrected chi connectivity index (χ3v) is 13.7. The van der Waals surface area contributed by atoms with Crippen LogP contribution < -0.4 is 0 Å². The number of allylic oxidation sites excluding steroid dienone is 1. The number of aliphatic carboxylic acids is 1. The Kier molecular flexibility index (Phi) is 5.86. The lowest BCUT2D eigenvalue weighted by molar-refractivity contribution is -0.221. The molecule has 206 valence electrons. The Hall–Kier alpha value is -1.29. The molecule has 8 nitrogen and oxygen atoms in total. The number of ether oxygens (including phenoxy) is 2. The van der Waals surface area contributed by atoms with E-state index in [1.807, 2.05) is 20.8 Å². The van der Waals surface area contributed by atoms with E-state index in [4.69, 9.17) is 9.47 Å². The molecule has 6 rings (SSSR count). The molecule has 9 heteroatoms. The summed E-state index contributed by atoms with van der Waals surface area (Å²) in [5.41, 5.74) is -2.10. The van der Waals surface area contributed by atoms with Crippen LogP contribution in [0.5, 0.6) is 0 Å². The summed E-state index contributed by atoms with van der Waals surface area (Å²) in [6.07, 6.45) is 6.99. The Labute approximate surface area is 220 Å². The van der Waals surface area contributed by atoms with Crippen LogP contribution in [0.25, 0.3) is 0 Å². The molecule has 5 aliphatic carbocycles. The van der Waals surface area contributed by atoms with Gasteiger partial charge >= 0.3 is 5.97 Å². The number of morpholine rings is 1. The van der Waals surface area contributed by atoms with Gasteiger partial charge in [0.15, 0.2) is 6.29 Å². The Bertz CT molecular complexity index is 1130. The molecular weight excluding hydrogens is 494 g/mol. The second-order valence-electron chi connectivity index (χ2n) is 13.2. The molecule has 5 fully saturated rings. The number of sulfonamides is 1. The lowest BCUT2D eigenvalue weighted by atomic mass is 9.43. The topological polar surface area (TPSA) is 110 Å². The minimum absolute atomic E-state index is 0.00133. The van der Waals surface area contributed by atoms with Crippen molar-refractivity contribution >= 4 is 22.3 Å². The van der Waals surface area contributed by atoms with E-state index in [0.29, 0.717) is 31.6 Å². The van der Waals surface area contributed by atoms with Crippen molar-refractivity contribution in [1.29, 1.82) is 0 Å². The summed E-state index contributed by atoms with van der Waals surface area (Å²) in [6, 6.07) is -0.261. The van der Waals surface area contributed by atoms with E-state index in [-0.39, 0.29) is 54.7 Å². The average Bonchev–Trinajstić information content (AvgIpc) is 3.57. The van der Waals surface area contributed by atoms with Crippen LogP contribution in [0.3, 0.4) is 0 Å². The number of hydrogen-bond donors (Lipinski definition) is 1. The Balaban J connectivity index is 1.36. The van der Waals surface area contributed by atoms with Gasteiger partial charge in [-0.25, -0.2) is 8.42 Å². The molecule has 0 amide bonds. The monoisotopic (exact) mass is 535 g/mol. The molecule has 3 unspecified atom stereocenters. The van der Waals surface area contributed by atoms with Gasteiger partial charge < -0.3 is 19.4 Å². The zero-order chi connectivity index (χ0) is 26.5. The van der Waals surface area contributed by atoms with E-state index >= 15 is 0 Å². The second kappa shape index (κ2) is 8.35. The largest absolute Gasteiger partial charge is 0.481 e. The SMILES string of the molecule is CC(C)C1=CC2CC3(C=O)[C@@H]4CC[C@@H](C)[C@H]4CC2(CO[C@H]2CN(S(=O)(=O)C4CC4)[C@H](C)CO2)[C@]13C(=O)O. The van der Waals surface area contributed by atoms with Crippen LogP contribution in [-0.4, -0.2) is 67.4 Å². The van der Waals surface area contributed by atoms with Crippen LogP contribution in [-0.2, 0) is 29.1 Å². The fourth-order valence-electron chi connectivity index (χ4n) is 9.60. The van der Waals surface area contributed by atoms with E-state index < -0.39 is 38.5 Å². The van der Waals surface area contributed by atoms with Crippen molar-refractivity contribution in [2.45, 2.75) is 83.8 Å². The summed E-state index contributed by atoms with van der Waals surface area (Å²) in [7, 11) is -3.39. The molecule has 4 saturated carbocycles. The van der Waals surface area contributed by atoms with Gasteiger partial charge in [0.25, 0.3) is 0 Å². The van der Waals surface area contributed by atoms with E-state index in [1.165, 1.54) is 4.31 Å². The zero-order valence-electron chi connectivity index (χ0n) is 22.4. The van der Waals surface area contributed by atoms with Crippen LogP contribution in [0, 0.1) is 45.8 Å². The summed E-state index contributed by atoms with van der Waals surface area (Å²) < 4.78 is 40.0.